The van der Waals surface area contributed by atoms with Crippen LogP contribution in [0.25, 0.3) is 0 Å². The quantitative estimate of drug-likeness (QED) is 0.712. The maximum atomic E-state index is 10.4. The van der Waals surface area contributed by atoms with E-state index in [4.69, 9.17) is 9.47 Å². The van der Waals surface area contributed by atoms with E-state index in [0.717, 1.165) is 0 Å². The van der Waals surface area contributed by atoms with Crippen LogP contribution in [0.1, 0.15) is 20.7 Å². The van der Waals surface area contributed by atoms with Gasteiger partial charge in [-0.05, 0) is 24.3 Å². The number of ether oxygens (including phenoxy) is 2. The minimum absolute atomic E-state index is 0. The van der Waals surface area contributed by atoms with Crippen molar-refractivity contribution in [2.45, 2.75) is 0 Å². The third-order valence-corrected chi connectivity index (χ3v) is 2.65. The molecule has 2 aromatic carbocycles. The zero-order valence-corrected chi connectivity index (χ0v) is 15.7. The molecule has 2 rings (SSSR count). The van der Waals surface area contributed by atoms with Gasteiger partial charge in [-0.1, -0.05) is 24.3 Å². The van der Waals surface area contributed by atoms with Crippen LogP contribution in [0, 0.1) is 0 Å². The van der Waals surface area contributed by atoms with Crippen molar-refractivity contribution in [1.29, 1.82) is 0 Å². The van der Waals surface area contributed by atoms with Crippen molar-refractivity contribution in [3.05, 3.63) is 59.7 Å². The topological polar surface area (TPSA) is 98.7 Å². The van der Waals surface area contributed by atoms with E-state index < -0.39 is 11.9 Å². The van der Waals surface area contributed by atoms with E-state index in [-0.39, 0.29) is 30.6 Å². The van der Waals surface area contributed by atoms with Crippen LogP contribution in [0.4, 0.5) is 0 Å². The van der Waals surface area contributed by atoms with Gasteiger partial charge in [0.2, 0.25) is 0 Å². The standard InChI is InChI=1S/2C8H8O3.Zn/c2*1-11-7-5-3-2-4-6(7)8(9)10;/h2*2-5H,1H3,(H,9,10);/q;;+2/p-2. The molecule has 2 aromatic rings. The Bertz CT molecular complexity index is 599. The van der Waals surface area contributed by atoms with Crippen molar-refractivity contribution in [3.63, 3.8) is 0 Å². The monoisotopic (exact) mass is 366 g/mol. The molecule has 0 aromatic heterocycles. The van der Waals surface area contributed by atoms with E-state index in [2.05, 4.69) is 0 Å². The minimum atomic E-state index is -1.22. The fourth-order valence-corrected chi connectivity index (χ4v) is 1.63. The number of carboxylic acid groups (broad SMARTS) is 2. The summed E-state index contributed by atoms with van der Waals surface area (Å²) < 4.78 is 9.57. The van der Waals surface area contributed by atoms with E-state index in [0.29, 0.717) is 11.5 Å². The van der Waals surface area contributed by atoms with Gasteiger partial charge in [0, 0.05) is 11.1 Å². The van der Waals surface area contributed by atoms with E-state index in [1.165, 1.54) is 26.4 Å². The number of carbonyl (C=O) groups excluding carboxylic acids is 2. The third-order valence-electron chi connectivity index (χ3n) is 2.65. The SMILES string of the molecule is COc1ccccc1C(=O)[O-].COc1ccccc1C(=O)[O-].[Zn+2]. The Morgan fingerprint density at radius 3 is 1.26 bits per heavy atom. The van der Waals surface area contributed by atoms with Crippen LogP contribution in [0.5, 0.6) is 11.5 Å². The molecule has 0 fully saturated rings. The second-order valence-corrected chi connectivity index (χ2v) is 3.98. The predicted molar refractivity (Wildman–Crippen MR) is 74.6 cm³/mol. The number of hydrogen-bond acceptors (Lipinski definition) is 6. The summed E-state index contributed by atoms with van der Waals surface area (Å²) in [5.41, 5.74) is 0.157. The van der Waals surface area contributed by atoms with Crippen LogP contribution < -0.4 is 19.7 Å². The molecule has 0 unspecified atom stereocenters. The van der Waals surface area contributed by atoms with Crippen molar-refractivity contribution < 1.29 is 48.8 Å². The molecule has 0 bridgehead atoms. The van der Waals surface area contributed by atoms with E-state index in [9.17, 15) is 19.8 Å². The van der Waals surface area contributed by atoms with Gasteiger partial charge in [-0.25, -0.2) is 0 Å². The van der Waals surface area contributed by atoms with Crippen molar-refractivity contribution in [2.75, 3.05) is 14.2 Å². The predicted octanol–water partition coefficient (Wildman–Crippen LogP) is 0.115. The van der Waals surface area contributed by atoms with Crippen molar-refractivity contribution in [2.24, 2.45) is 0 Å². The summed E-state index contributed by atoms with van der Waals surface area (Å²) in [6, 6.07) is 12.7. The number of benzene rings is 2. The van der Waals surface area contributed by atoms with Crippen LogP contribution >= 0.6 is 0 Å². The smallest absolute Gasteiger partial charge is 0.545 e. The summed E-state index contributed by atoms with van der Waals surface area (Å²) in [7, 11) is 2.84. The molecule has 0 N–H and O–H groups in total. The minimum Gasteiger partial charge on any atom is -0.545 e. The number of rotatable bonds is 4. The second-order valence-electron chi connectivity index (χ2n) is 3.98. The third kappa shape index (κ3) is 6.08. The van der Waals surface area contributed by atoms with Gasteiger partial charge in [0.1, 0.15) is 11.5 Å². The summed E-state index contributed by atoms with van der Waals surface area (Å²) in [5, 5.41) is 20.8. The Morgan fingerprint density at radius 2 is 1.04 bits per heavy atom. The van der Waals surface area contributed by atoms with Gasteiger partial charge in [-0.3, -0.25) is 0 Å². The zero-order chi connectivity index (χ0) is 16.5. The average molecular weight is 368 g/mol. The Kier molecular flexibility index (Phi) is 9.27. The summed E-state index contributed by atoms with van der Waals surface area (Å²) in [4.78, 5) is 20.8. The molecular weight excluding hydrogens is 354 g/mol. The van der Waals surface area contributed by atoms with E-state index in [1.54, 1.807) is 36.4 Å². The van der Waals surface area contributed by atoms with Gasteiger partial charge < -0.3 is 29.3 Å². The van der Waals surface area contributed by atoms with Crippen LogP contribution in [-0.4, -0.2) is 26.2 Å². The van der Waals surface area contributed by atoms with E-state index >= 15 is 0 Å². The molecule has 0 aliphatic heterocycles. The molecule has 7 heteroatoms. The maximum absolute atomic E-state index is 10.4. The summed E-state index contributed by atoms with van der Waals surface area (Å²) in [5.74, 6) is -1.79. The number of hydrogen-bond donors (Lipinski definition) is 0. The zero-order valence-electron chi connectivity index (χ0n) is 12.8. The number of aromatic carboxylic acids is 2. The summed E-state index contributed by atoms with van der Waals surface area (Å²) in [6.07, 6.45) is 0. The van der Waals surface area contributed by atoms with Gasteiger partial charge in [0.25, 0.3) is 0 Å². The maximum Gasteiger partial charge on any atom is 2.00 e. The Balaban J connectivity index is 0.000000403. The van der Waals surface area contributed by atoms with Crippen molar-refractivity contribution >= 4 is 11.9 Å². The number of carbonyl (C=O) groups is 2. The van der Waals surface area contributed by atoms with Crippen molar-refractivity contribution in [3.8, 4) is 11.5 Å². The first-order valence-electron chi connectivity index (χ1n) is 6.20. The number of carboxylic acids is 2. The molecule has 0 aliphatic rings. The number of methoxy groups -OCH3 is 2. The molecule has 0 heterocycles. The first-order valence-corrected chi connectivity index (χ1v) is 6.20. The molecule has 0 spiro atoms. The molecule has 0 radical (unpaired) electrons. The van der Waals surface area contributed by atoms with Crippen molar-refractivity contribution in [1.82, 2.24) is 0 Å². The van der Waals surface area contributed by atoms with E-state index in [1.807, 2.05) is 0 Å². The molecule has 23 heavy (non-hydrogen) atoms. The van der Waals surface area contributed by atoms with Gasteiger partial charge in [-0.2, -0.15) is 0 Å². The van der Waals surface area contributed by atoms with Crippen LogP contribution in [0.2, 0.25) is 0 Å². The van der Waals surface area contributed by atoms with Gasteiger partial charge >= 0.3 is 19.5 Å². The first kappa shape index (κ1) is 20.6. The molecule has 0 atom stereocenters. The molecular formula is C16H14O6Zn. The molecule has 0 amide bonds. The van der Waals surface area contributed by atoms with Crippen LogP contribution in [0.3, 0.4) is 0 Å². The molecule has 6 nitrogen and oxygen atoms in total. The Labute approximate surface area is 146 Å². The first-order chi connectivity index (χ1) is 10.5. The number of para-hydroxylation sites is 2. The molecule has 0 aliphatic carbocycles. The van der Waals surface area contributed by atoms with Gasteiger partial charge in [-0.15, -0.1) is 0 Å². The second kappa shape index (κ2) is 10.3. The molecule has 116 valence electrons. The van der Waals surface area contributed by atoms with Crippen LogP contribution in [0.15, 0.2) is 48.5 Å². The normalized spacial score (nSPS) is 8.78. The van der Waals surface area contributed by atoms with Gasteiger partial charge in [0.15, 0.2) is 0 Å². The summed E-state index contributed by atoms with van der Waals surface area (Å²) in [6.45, 7) is 0. The Hall–Kier alpha value is -2.40. The fourth-order valence-electron chi connectivity index (χ4n) is 1.63. The summed E-state index contributed by atoms with van der Waals surface area (Å²) >= 11 is 0. The molecule has 0 saturated heterocycles. The fraction of sp³-hybridized carbons (Fsp3) is 0.125. The van der Waals surface area contributed by atoms with Gasteiger partial charge in [0.05, 0.1) is 26.2 Å². The molecule has 0 saturated carbocycles. The van der Waals surface area contributed by atoms with Crippen LogP contribution in [-0.2, 0) is 19.5 Å². The average Bonchev–Trinajstić information content (AvgIpc) is 2.55. The largest absolute Gasteiger partial charge is 2.00 e. The Morgan fingerprint density at radius 1 is 0.739 bits per heavy atom.